The smallest absolute Gasteiger partial charge is 0.407 e. The Labute approximate surface area is 179 Å². The first-order valence-corrected chi connectivity index (χ1v) is 11.5. The van der Waals surface area contributed by atoms with Crippen LogP contribution in [0, 0.1) is 5.92 Å². The summed E-state index contributed by atoms with van der Waals surface area (Å²) in [6, 6.07) is 4.34. The summed E-state index contributed by atoms with van der Waals surface area (Å²) in [5.41, 5.74) is -0.479. The number of piperidine rings is 1. The number of rotatable bonds is 8. The Morgan fingerprint density at radius 3 is 2.59 bits per heavy atom. The van der Waals surface area contributed by atoms with Crippen LogP contribution in [0.4, 0.5) is 4.79 Å². The van der Waals surface area contributed by atoms with E-state index in [1.807, 2.05) is 32.1 Å². The molecule has 0 atom stereocenters. The number of carbonyl (C=O) groups is 1. The summed E-state index contributed by atoms with van der Waals surface area (Å²) >= 11 is 1.84. The zero-order valence-electron chi connectivity index (χ0n) is 18.3. The van der Waals surface area contributed by atoms with Crippen LogP contribution < -0.4 is 16.0 Å². The number of likely N-dealkylation sites (tertiary alicyclic amines) is 1. The SMILES string of the molecule is CCNC(=NCC1CCN(Cc2cccs2)CC1)NCCNC(=O)OC(C)(C)C. The molecule has 0 unspecified atom stereocenters. The fraction of sp³-hybridized carbons (Fsp3) is 0.714. The van der Waals surface area contributed by atoms with Crippen LogP contribution in [0.15, 0.2) is 22.5 Å². The molecular formula is C21H37N5O2S. The third kappa shape index (κ3) is 9.99. The molecule has 29 heavy (non-hydrogen) atoms. The molecule has 1 aromatic heterocycles. The van der Waals surface area contributed by atoms with Crippen LogP contribution in [0.3, 0.4) is 0 Å². The van der Waals surface area contributed by atoms with Gasteiger partial charge in [-0.25, -0.2) is 4.79 Å². The van der Waals surface area contributed by atoms with Crippen molar-refractivity contribution in [3.05, 3.63) is 22.4 Å². The van der Waals surface area contributed by atoms with Crippen molar-refractivity contribution >= 4 is 23.4 Å². The van der Waals surface area contributed by atoms with E-state index in [0.29, 0.717) is 19.0 Å². The summed E-state index contributed by atoms with van der Waals surface area (Å²) in [5, 5.41) is 11.5. The van der Waals surface area contributed by atoms with Gasteiger partial charge in [0.15, 0.2) is 5.96 Å². The number of thiophene rings is 1. The van der Waals surface area contributed by atoms with Crippen LogP contribution >= 0.6 is 11.3 Å². The maximum absolute atomic E-state index is 11.7. The predicted octanol–water partition coefficient (Wildman–Crippen LogP) is 3.04. The zero-order valence-corrected chi connectivity index (χ0v) is 19.1. The highest BCUT2D eigenvalue weighted by Crippen LogP contribution is 2.20. The van der Waals surface area contributed by atoms with Crippen molar-refractivity contribution < 1.29 is 9.53 Å². The summed E-state index contributed by atoms with van der Waals surface area (Å²) < 4.78 is 5.23. The Bertz CT molecular complexity index is 620. The lowest BCUT2D eigenvalue weighted by Gasteiger charge is -2.31. The van der Waals surface area contributed by atoms with Crippen LogP contribution in [-0.2, 0) is 11.3 Å². The van der Waals surface area contributed by atoms with Crippen molar-refractivity contribution in [3.63, 3.8) is 0 Å². The topological polar surface area (TPSA) is 78.0 Å². The van der Waals surface area contributed by atoms with Gasteiger partial charge in [-0.15, -0.1) is 11.3 Å². The van der Waals surface area contributed by atoms with E-state index >= 15 is 0 Å². The monoisotopic (exact) mass is 423 g/mol. The average molecular weight is 424 g/mol. The molecule has 1 saturated heterocycles. The highest BCUT2D eigenvalue weighted by atomic mass is 32.1. The molecular weight excluding hydrogens is 386 g/mol. The van der Waals surface area contributed by atoms with Crippen molar-refractivity contribution in [2.45, 2.75) is 52.7 Å². The van der Waals surface area contributed by atoms with Crippen molar-refractivity contribution in [1.29, 1.82) is 0 Å². The fourth-order valence-corrected chi connectivity index (χ4v) is 3.92. The molecule has 1 fully saturated rings. The first-order valence-electron chi connectivity index (χ1n) is 10.6. The van der Waals surface area contributed by atoms with Gasteiger partial charge in [0.05, 0.1) is 0 Å². The number of aliphatic imine (C=N–C) groups is 1. The molecule has 0 spiro atoms. The van der Waals surface area contributed by atoms with Gasteiger partial charge in [0.1, 0.15) is 5.60 Å². The second-order valence-corrected chi connectivity index (χ2v) is 9.41. The van der Waals surface area contributed by atoms with Gasteiger partial charge in [0.25, 0.3) is 0 Å². The van der Waals surface area contributed by atoms with Crippen molar-refractivity contribution in [1.82, 2.24) is 20.9 Å². The predicted molar refractivity (Wildman–Crippen MR) is 121 cm³/mol. The van der Waals surface area contributed by atoms with Gasteiger partial charge in [-0.05, 0) is 71.0 Å². The molecule has 1 aliphatic rings. The van der Waals surface area contributed by atoms with Gasteiger partial charge >= 0.3 is 6.09 Å². The van der Waals surface area contributed by atoms with Gasteiger partial charge < -0.3 is 20.7 Å². The molecule has 2 rings (SSSR count). The number of hydrogen-bond acceptors (Lipinski definition) is 5. The van der Waals surface area contributed by atoms with Gasteiger partial charge in [-0.1, -0.05) is 6.07 Å². The Hall–Kier alpha value is -1.80. The molecule has 0 aromatic carbocycles. The van der Waals surface area contributed by atoms with E-state index in [1.54, 1.807) is 0 Å². The van der Waals surface area contributed by atoms with E-state index in [4.69, 9.17) is 9.73 Å². The lowest BCUT2D eigenvalue weighted by Crippen LogP contribution is -2.43. The van der Waals surface area contributed by atoms with Crippen LogP contribution in [0.2, 0.25) is 0 Å². The van der Waals surface area contributed by atoms with E-state index in [9.17, 15) is 4.79 Å². The molecule has 164 valence electrons. The van der Waals surface area contributed by atoms with Gasteiger partial charge in [-0.2, -0.15) is 0 Å². The van der Waals surface area contributed by atoms with Crippen LogP contribution in [0.5, 0.6) is 0 Å². The van der Waals surface area contributed by atoms with Crippen molar-refractivity contribution in [2.75, 3.05) is 39.3 Å². The third-order valence-corrected chi connectivity index (χ3v) is 5.47. The standard InChI is InChI=1S/C21H37N5O2S/c1-5-22-19(23-10-11-24-20(27)28-21(2,3)4)25-15-17-8-12-26(13-9-17)16-18-7-6-14-29-18/h6-7,14,17H,5,8-13,15-16H2,1-4H3,(H,24,27)(H2,22,23,25). The Kier molecular flexibility index (Phi) is 9.73. The summed E-state index contributed by atoms with van der Waals surface area (Å²) in [7, 11) is 0. The Balaban J connectivity index is 1.66. The number of nitrogens with zero attached hydrogens (tertiary/aromatic N) is 2. The minimum Gasteiger partial charge on any atom is -0.444 e. The second-order valence-electron chi connectivity index (χ2n) is 8.37. The zero-order chi connectivity index (χ0) is 21.1. The summed E-state index contributed by atoms with van der Waals surface area (Å²) in [6.07, 6.45) is 1.98. The number of alkyl carbamates (subject to hydrolysis) is 1. The normalized spacial score (nSPS) is 16.5. The number of guanidine groups is 1. The van der Waals surface area contributed by atoms with Gasteiger partial charge in [-0.3, -0.25) is 9.89 Å². The molecule has 1 amide bonds. The molecule has 3 N–H and O–H groups in total. The number of amides is 1. The molecule has 0 aliphatic carbocycles. The summed E-state index contributed by atoms with van der Waals surface area (Å²) in [6.45, 7) is 13.7. The largest absolute Gasteiger partial charge is 0.444 e. The molecule has 7 nitrogen and oxygen atoms in total. The van der Waals surface area contributed by atoms with E-state index in [0.717, 1.165) is 38.7 Å². The van der Waals surface area contributed by atoms with Crippen molar-refractivity contribution in [3.8, 4) is 0 Å². The second kappa shape index (κ2) is 12.0. The lowest BCUT2D eigenvalue weighted by atomic mass is 9.97. The molecule has 0 saturated carbocycles. The summed E-state index contributed by atoms with van der Waals surface area (Å²) in [4.78, 5) is 20.4. The van der Waals surface area contributed by atoms with Crippen LogP contribution in [0.1, 0.15) is 45.4 Å². The maximum Gasteiger partial charge on any atom is 0.407 e. The molecule has 1 aromatic rings. The van der Waals surface area contributed by atoms with Crippen molar-refractivity contribution in [2.24, 2.45) is 10.9 Å². The highest BCUT2D eigenvalue weighted by Gasteiger charge is 2.19. The molecule has 1 aliphatic heterocycles. The molecule has 2 heterocycles. The van der Waals surface area contributed by atoms with E-state index < -0.39 is 11.7 Å². The first kappa shape index (κ1) is 23.5. The molecule has 0 bridgehead atoms. The Morgan fingerprint density at radius 2 is 1.97 bits per heavy atom. The molecule has 8 heteroatoms. The van der Waals surface area contributed by atoms with E-state index in [1.165, 1.54) is 17.7 Å². The molecule has 0 radical (unpaired) electrons. The van der Waals surface area contributed by atoms with Crippen LogP contribution in [0.25, 0.3) is 0 Å². The maximum atomic E-state index is 11.7. The number of nitrogens with one attached hydrogen (secondary N) is 3. The number of carbonyl (C=O) groups excluding carboxylic acids is 1. The number of hydrogen-bond donors (Lipinski definition) is 3. The lowest BCUT2D eigenvalue weighted by molar-refractivity contribution is 0.0529. The average Bonchev–Trinajstić information content (AvgIpc) is 3.16. The van der Waals surface area contributed by atoms with Gasteiger partial charge in [0.2, 0.25) is 0 Å². The van der Waals surface area contributed by atoms with E-state index in [-0.39, 0.29) is 0 Å². The van der Waals surface area contributed by atoms with Gasteiger partial charge in [0, 0.05) is 37.6 Å². The highest BCUT2D eigenvalue weighted by molar-refractivity contribution is 7.09. The fourth-order valence-electron chi connectivity index (χ4n) is 3.17. The first-order chi connectivity index (χ1) is 13.9. The number of ether oxygens (including phenoxy) is 1. The quantitative estimate of drug-likeness (QED) is 0.340. The Morgan fingerprint density at radius 1 is 1.24 bits per heavy atom. The minimum absolute atomic E-state index is 0.393. The third-order valence-electron chi connectivity index (χ3n) is 4.60. The summed E-state index contributed by atoms with van der Waals surface area (Å²) in [5.74, 6) is 1.43. The van der Waals surface area contributed by atoms with E-state index in [2.05, 4.69) is 45.3 Å². The minimum atomic E-state index is -0.479. The van der Waals surface area contributed by atoms with Crippen LogP contribution in [-0.4, -0.2) is 61.8 Å².